The number of thiophene rings is 1. The Labute approximate surface area is 261 Å². The van der Waals surface area contributed by atoms with Gasteiger partial charge in [-0.3, -0.25) is 0 Å². The molecule has 1 aromatic heterocycles. The second kappa shape index (κ2) is 11.3. The van der Waals surface area contributed by atoms with Gasteiger partial charge in [0, 0.05) is 37.2 Å². The third-order valence-electron chi connectivity index (χ3n) is 8.29. The molecule has 0 N–H and O–H groups in total. The van der Waals surface area contributed by atoms with Gasteiger partial charge in [0.25, 0.3) is 0 Å². The van der Waals surface area contributed by atoms with Crippen molar-refractivity contribution < 1.29 is 0 Å². The van der Waals surface area contributed by atoms with E-state index in [1.54, 1.807) is 0 Å². The minimum Gasteiger partial charge on any atom is -0.311 e. The zero-order chi connectivity index (χ0) is 29.3. The van der Waals surface area contributed by atoms with Crippen LogP contribution in [-0.4, -0.2) is 0 Å². The molecule has 0 saturated heterocycles. The Hall–Kier alpha value is -5.44. The summed E-state index contributed by atoms with van der Waals surface area (Å²) < 4.78 is 2.64. The standard InChI is InChI=1S/C42H29NS/c1-4-10-30(11-5-1)32-16-22-37(23-17-32)43(36-14-8-3-9-15-36)38-24-18-33(19-25-38)35-21-27-40-39-26-20-34(31-12-6-2-7-13-31)28-41(39)44-42(40)29-35/h1-29H. The lowest BCUT2D eigenvalue weighted by Crippen LogP contribution is -2.09. The van der Waals surface area contributed by atoms with Crippen LogP contribution in [0.4, 0.5) is 17.1 Å². The first kappa shape index (κ1) is 26.2. The Morgan fingerprint density at radius 2 is 0.636 bits per heavy atom. The van der Waals surface area contributed by atoms with E-state index in [4.69, 9.17) is 0 Å². The summed E-state index contributed by atoms with van der Waals surface area (Å²) in [5, 5.41) is 2.64. The van der Waals surface area contributed by atoms with Crippen molar-refractivity contribution in [2.24, 2.45) is 0 Å². The highest BCUT2D eigenvalue weighted by molar-refractivity contribution is 7.25. The van der Waals surface area contributed by atoms with Crippen LogP contribution in [0.5, 0.6) is 0 Å². The maximum Gasteiger partial charge on any atom is 0.0462 e. The largest absolute Gasteiger partial charge is 0.311 e. The molecular weight excluding hydrogens is 551 g/mol. The molecule has 0 radical (unpaired) electrons. The molecule has 0 aliphatic rings. The number of rotatable bonds is 6. The van der Waals surface area contributed by atoms with E-state index in [9.17, 15) is 0 Å². The lowest BCUT2D eigenvalue weighted by atomic mass is 10.0. The molecule has 8 rings (SSSR count). The smallest absolute Gasteiger partial charge is 0.0462 e. The Morgan fingerprint density at radius 1 is 0.295 bits per heavy atom. The van der Waals surface area contributed by atoms with Crippen LogP contribution in [0.15, 0.2) is 176 Å². The molecule has 0 amide bonds. The van der Waals surface area contributed by atoms with E-state index >= 15 is 0 Å². The van der Waals surface area contributed by atoms with Crippen molar-refractivity contribution in [2.75, 3.05) is 4.90 Å². The van der Waals surface area contributed by atoms with E-state index in [2.05, 4.69) is 181 Å². The fraction of sp³-hybridized carbons (Fsp3) is 0. The summed E-state index contributed by atoms with van der Waals surface area (Å²) in [6.07, 6.45) is 0. The predicted octanol–water partition coefficient (Wildman–Crippen LogP) is 12.5. The molecule has 208 valence electrons. The molecule has 0 saturated carbocycles. The number of para-hydroxylation sites is 1. The number of fused-ring (bicyclic) bond motifs is 3. The summed E-state index contributed by atoms with van der Waals surface area (Å²) >= 11 is 1.87. The van der Waals surface area contributed by atoms with E-state index in [-0.39, 0.29) is 0 Å². The van der Waals surface area contributed by atoms with Crippen LogP contribution < -0.4 is 4.90 Å². The fourth-order valence-corrected chi connectivity index (χ4v) is 7.21. The number of hydrogen-bond donors (Lipinski definition) is 0. The zero-order valence-corrected chi connectivity index (χ0v) is 24.9. The summed E-state index contributed by atoms with van der Waals surface area (Å²) in [5.41, 5.74) is 10.8. The van der Waals surface area contributed by atoms with Crippen molar-refractivity contribution in [3.05, 3.63) is 176 Å². The number of hydrogen-bond acceptors (Lipinski definition) is 2. The first-order chi connectivity index (χ1) is 21.8. The predicted molar refractivity (Wildman–Crippen MR) is 190 cm³/mol. The highest BCUT2D eigenvalue weighted by Gasteiger charge is 2.14. The van der Waals surface area contributed by atoms with Gasteiger partial charge in [-0.2, -0.15) is 0 Å². The van der Waals surface area contributed by atoms with Gasteiger partial charge < -0.3 is 4.90 Å². The van der Waals surface area contributed by atoms with E-state index < -0.39 is 0 Å². The van der Waals surface area contributed by atoms with Crippen LogP contribution in [-0.2, 0) is 0 Å². The first-order valence-corrected chi connectivity index (χ1v) is 15.7. The minimum absolute atomic E-state index is 1.13. The molecule has 44 heavy (non-hydrogen) atoms. The summed E-state index contributed by atoms with van der Waals surface area (Å²) in [5.74, 6) is 0. The van der Waals surface area contributed by atoms with Crippen LogP contribution in [0.25, 0.3) is 53.6 Å². The second-order valence-electron chi connectivity index (χ2n) is 11.0. The molecule has 1 nitrogen and oxygen atoms in total. The second-order valence-corrected chi connectivity index (χ2v) is 12.1. The van der Waals surface area contributed by atoms with Gasteiger partial charge in [0.05, 0.1) is 0 Å². The summed E-state index contributed by atoms with van der Waals surface area (Å²) in [6.45, 7) is 0. The highest BCUT2D eigenvalue weighted by Crippen LogP contribution is 2.40. The molecule has 0 aliphatic heterocycles. The van der Waals surface area contributed by atoms with Crippen molar-refractivity contribution in [3.8, 4) is 33.4 Å². The molecule has 0 atom stereocenters. The van der Waals surface area contributed by atoms with E-state index in [0.29, 0.717) is 0 Å². The molecule has 0 unspecified atom stereocenters. The first-order valence-electron chi connectivity index (χ1n) is 14.9. The molecule has 7 aromatic carbocycles. The van der Waals surface area contributed by atoms with Gasteiger partial charge in [0.2, 0.25) is 0 Å². The average Bonchev–Trinajstić information content (AvgIpc) is 3.47. The molecule has 1 heterocycles. The van der Waals surface area contributed by atoms with Gasteiger partial charge in [-0.15, -0.1) is 11.3 Å². The summed E-state index contributed by atoms with van der Waals surface area (Å²) in [4.78, 5) is 2.32. The van der Waals surface area contributed by atoms with Crippen molar-refractivity contribution >= 4 is 48.6 Å². The third kappa shape index (κ3) is 4.96. The van der Waals surface area contributed by atoms with Crippen molar-refractivity contribution in [2.45, 2.75) is 0 Å². The third-order valence-corrected chi connectivity index (χ3v) is 9.40. The molecule has 0 aliphatic carbocycles. The molecule has 0 bridgehead atoms. The molecule has 0 spiro atoms. The Balaban J connectivity index is 1.12. The van der Waals surface area contributed by atoms with Crippen molar-refractivity contribution in [3.63, 3.8) is 0 Å². The molecule has 2 heteroatoms. The topological polar surface area (TPSA) is 3.24 Å². The highest BCUT2D eigenvalue weighted by atomic mass is 32.1. The SMILES string of the molecule is c1ccc(-c2ccc(N(c3ccccc3)c3ccc(-c4ccc5c(c4)sc4cc(-c6ccccc6)ccc45)cc3)cc2)cc1. The molecule has 0 fully saturated rings. The Kier molecular flexibility index (Phi) is 6.75. The van der Waals surface area contributed by atoms with E-state index in [1.807, 2.05) is 11.3 Å². The van der Waals surface area contributed by atoms with Crippen LogP contribution >= 0.6 is 11.3 Å². The van der Waals surface area contributed by atoms with Gasteiger partial charge in [-0.1, -0.05) is 127 Å². The van der Waals surface area contributed by atoms with Gasteiger partial charge in [0.15, 0.2) is 0 Å². The average molecular weight is 580 g/mol. The quantitative estimate of drug-likeness (QED) is 0.189. The fourth-order valence-electron chi connectivity index (χ4n) is 6.03. The van der Waals surface area contributed by atoms with Gasteiger partial charge in [-0.05, 0) is 81.9 Å². The van der Waals surface area contributed by atoms with Gasteiger partial charge in [0.1, 0.15) is 0 Å². The van der Waals surface area contributed by atoms with E-state index in [0.717, 1.165) is 17.1 Å². The van der Waals surface area contributed by atoms with Gasteiger partial charge >= 0.3 is 0 Å². The molecular formula is C42H29NS. The van der Waals surface area contributed by atoms with Gasteiger partial charge in [-0.25, -0.2) is 0 Å². The number of nitrogens with zero attached hydrogens (tertiary/aromatic N) is 1. The number of benzene rings is 7. The van der Waals surface area contributed by atoms with Crippen molar-refractivity contribution in [1.82, 2.24) is 0 Å². The minimum atomic E-state index is 1.13. The lowest BCUT2D eigenvalue weighted by Gasteiger charge is -2.26. The summed E-state index contributed by atoms with van der Waals surface area (Å²) in [6, 6.07) is 63.2. The van der Waals surface area contributed by atoms with E-state index in [1.165, 1.54) is 53.6 Å². The Bertz CT molecular complexity index is 2180. The van der Waals surface area contributed by atoms with Crippen LogP contribution in [0.1, 0.15) is 0 Å². The number of anilines is 3. The van der Waals surface area contributed by atoms with Crippen LogP contribution in [0, 0.1) is 0 Å². The molecule has 8 aromatic rings. The monoisotopic (exact) mass is 579 g/mol. The van der Waals surface area contributed by atoms with Crippen molar-refractivity contribution in [1.29, 1.82) is 0 Å². The maximum atomic E-state index is 2.34. The van der Waals surface area contributed by atoms with Crippen LogP contribution in [0.3, 0.4) is 0 Å². The summed E-state index contributed by atoms with van der Waals surface area (Å²) in [7, 11) is 0. The lowest BCUT2D eigenvalue weighted by molar-refractivity contribution is 1.28. The Morgan fingerprint density at radius 3 is 1.11 bits per heavy atom. The zero-order valence-electron chi connectivity index (χ0n) is 24.1. The van der Waals surface area contributed by atoms with Crippen LogP contribution in [0.2, 0.25) is 0 Å². The normalized spacial score (nSPS) is 11.2. The maximum absolute atomic E-state index is 2.34.